The number of methoxy groups -OCH3 is 1. The van der Waals surface area contributed by atoms with E-state index in [-0.39, 0.29) is 18.5 Å². The fourth-order valence-corrected chi connectivity index (χ4v) is 4.83. The number of carbonyl (C=O) groups excluding carboxylic acids is 2. The predicted octanol–water partition coefficient (Wildman–Crippen LogP) is 3.68. The summed E-state index contributed by atoms with van der Waals surface area (Å²) < 4.78 is 5.30. The predicted molar refractivity (Wildman–Crippen MR) is 156 cm³/mol. The molecule has 0 aliphatic carbocycles. The average molecular weight is 543 g/mol. The Labute approximate surface area is 234 Å². The molecular weight excluding hydrogens is 508 g/mol. The minimum atomic E-state index is -0.343. The molecular formula is C29H34N8O3. The Kier molecular flexibility index (Phi) is 7.83. The number of fused-ring (bicyclic) bond motifs is 1. The van der Waals surface area contributed by atoms with Crippen molar-refractivity contribution in [2.24, 2.45) is 0 Å². The molecule has 1 saturated heterocycles. The number of hydrogen-bond donors (Lipinski definition) is 2. The largest absolute Gasteiger partial charge is 0.497 e. The average Bonchev–Trinajstić information content (AvgIpc) is 2.97. The molecule has 0 atom stereocenters. The SMILES string of the molecule is C=CC(=O)Nc1cc(OC)ccc1CN1Cc2cnc(Nc3ccc(N4CCN(C)CC4)cc3)nc2N(C)C1=O. The number of urea groups is 1. The lowest BCUT2D eigenvalue weighted by Crippen LogP contribution is -2.45. The van der Waals surface area contributed by atoms with Gasteiger partial charge in [0, 0.05) is 74.7 Å². The third kappa shape index (κ3) is 5.84. The molecule has 0 radical (unpaired) electrons. The van der Waals surface area contributed by atoms with Gasteiger partial charge in [-0.1, -0.05) is 12.6 Å². The molecule has 2 aliphatic heterocycles. The zero-order valence-electron chi connectivity index (χ0n) is 23.1. The Bertz CT molecular complexity index is 1400. The van der Waals surface area contributed by atoms with Gasteiger partial charge in [0.05, 0.1) is 13.7 Å². The van der Waals surface area contributed by atoms with Crippen molar-refractivity contribution in [1.82, 2.24) is 19.8 Å². The van der Waals surface area contributed by atoms with Crippen LogP contribution in [0.15, 0.2) is 61.3 Å². The van der Waals surface area contributed by atoms with E-state index in [0.717, 1.165) is 43.0 Å². The van der Waals surface area contributed by atoms with E-state index in [4.69, 9.17) is 4.74 Å². The number of aromatic nitrogens is 2. The van der Waals surface area contributed by atoms with Gasteiger partial charge in [-0.05, 0) is 49.0 Å². The van der Waals surface area contributed by atoms with E-state index in [9.17, 15) is 9.59 Å². The monoisotopic (exact) mass is 542 g/mol. The summed E-state index contributed by atoms with van der Waals surface area (Å²) in [6.45, 7) is 8.26. The number of piperazine rings is 1. The molecule has 5 rings (SSSR count). The summed E-state index contributed by atoms with van der Waals surface area (Å²) in [6.07, 6.45) is 2.94. The molecule has 0 unspecified atom stereocenters. The molecule has 0 saturated carbocycles. The lowest BCUT2D eigenvalue weighted by molar-refractivity contribution is -0.111. The molecule has 2 aliphatic rings. The van der Waals surface area contributed by atoms with E-state index in [1.165, 1.54) is 16.7 Å². The summed E-state index contributed by atoms with van der Waals surface area (Å²) in [4.78, 5) is 42.4. The highest BCUT2D eigenvalue weighted by molar-refractivity contribution is 5.99. The van der Waals surface area contributed by atoms with Gasteiger partial charge in [-0.15, -0.1) is 0 Å². The van der Waals surface area contributed by atoms with Crippen LogP contribution in [-0.4, -0.2) is 79.1 Å². The highest BCUT2D eigenvalue weighted by Crippen LogP contribution is 2.31. The van der Waals surface area contributed by atoms with Crippen LogP contribution >= 0.6 is 0 Å². The number of likely N-dealkylation sites (N-methyl/N-ethyl adjacent to an activating group) is 1. The molecule has 3 heterocycles. The minimum Gasteiger partial charge on any atom is -0.497 e. The smallest absolute Gasteiger partial charge is 0.326 e. The summed E-state index contributed by atoms with van der Waals surface area (Å²) in [5.74, 6) is 1.23. The molecule has 208 valence electrons. The highest BCUT2D eigenvalue weighted by Gasteiger charge is 2.30. The Morgan fingerprint density at radius 1 is 1.10 bits per heavy atom. The molecule has 2 N–H and O–H groups in total. The zero-order valence-corrected chi connectivity index (χ0v) is 23.1. The quantitative estimate of drug-likeness (QED) is 0.416. The van der Waals surface area contributed by atoms with Crippen molar-refractivity contribution in [3.8, 4) is 5.75 Å². The standard InChI is InChI=1S/C29H34N8O3/c1-5-26(38)32-25-16-24(40-4)11-6-20(25)18-37-19-21-17-30-28(33-27(21)35(3)29(37)39)31-22-7-9-23(10-8-22)36-14-12-34(2)13-15-36/h5-11,16-17H,1,12-15,18-19H2,2-4H3,(H,32,38)(H,30,31,33). The van der Waals surface area contributed by atoms with Gasteiger partial charge in [-0.2, -0.15) is 4.98 Å². The maximum atomic E-state index is 13.3. The van der Waals surface area contributed by atoms with Crippen LogP contribution in [0.4, 0.5) is 33.6 Å². The topological polar surface area (TPSA) is 106 Å². The van der Waals surface area contributed by atoms with Crippen LogP contribution in [0.1, 0.15) is 11.1 Å². The molecule has 1 fully saturated rings. The second kappa shape index (κ2) is 11.6. The van der Waals surface area contributed by atoms with E-state index < -0.39 is 0 Å². The number of ether oxygens (including phenoxy) is 1. The molecule has 3 aromatic rings. The number of rotatable bonds is 8. The van der Waals surface area contributed by atoms with Crippen LogP contribution in [-0.2, 0) is 17.9 Å². The highest BCUT2D eigenvalue weighted by atomic mass is 16.5. The van der Waals surface area contributed by atoms with Crippen LogP contribution in [0.3, 0.4) is 0 Å². The van der Waals surface area contributed by atoms with Crippen molar-refractivity contribution in [3.63, 3.8) is 0 Å². The van der Waals surface area contributed by atoms with Gasteiger partial charge in [0.1, 0.15) is 11.6 Å². The summed E-state index contributed by atoms with van der Waals surface area (Å²) >= 11 is 0. The maximum Gasteiger partial charge on any atom is 0.326 e. The van der Waals surface area contributed by atoms with E-state index in [1.54, 1.807) is 37.4 Å². The minimum absolute atomic E-state index is 0.203. The number of hydrogen-bond acceptors (Lipinski definition) is 8. The van der Waals surface area contributed by atoms with Crippen LogP contribution in [0.25, 0.3) is 0 Å². The summed E-state index contributed by atoms with van der Waals surface area (Å²) in [5.41, 5.74) is 4.21. The van der Waals surface area contributed by atoms with E-state index >= 15 is 0 Å². The second-order valence-electron chi connectivity index (χ2n) is 9.92. The van der Waals surface area contributed by atoms with Crippen molar-refractivity contribution >= 4 is 40.8 Å². The number of anilines is 5. The molecule has 0 spiro atoms. The molecule has 11 nitrogen and oxygen atoms in total. The van der Waals surface area contributed by atoms with Gasteiger partial charge in [0.15, 0.2) is 0 Å². The second-order valence-corrected chi connectivity index (χ2v) is 9.92. The molecule has 0 bridgehead atoms. The van der Waals surface area contributed by atoms with Crippen LogP contribution in [0.2, 0.25) is 0 Å². The maximum absolute atomic E-state index is 13.3. The first-order chi connectivity index (χ1) is 19.3. The van der Waals surface area contributed by atoms with Gasteiger partial charge in [0.2, 0.25) is 11.9 Å². The van der Waals surface area contributed by atoms with Crippen LogP contribution in [0, 0.1) is 0 Å². The van der Waals surface area contributed by atoms with Gasteiger partial charge in [-0.25, -0.2) is 9.78 Å². The summed E-state index contributed by atoms with van der Waals surface area (Å²) in [5, 5.41) is 6.06. The first-order valence-electron chi connectivity index (χ1n) is 13.1. The lowest BCUT2D eigenvalue weighted by Gasteiger charge is -2.34. The van der Waals surface area contributed by atoms with Crippen molar-refractivity contribution in [2.45, 2.75) is 13.1 Å². The number of nitrogens with zero attached hydrogens (tertiary/aromatic N) is 6. The third-order valence-electron chi connectivity index (χ3n) is 7.19. The van der Waals surface area contributed by atoms with Crippen LogP contribution < -0.4 is 25.2 Å². The molecule has 1 aromatic heterocycles. The van der Waals surface area contributed by atoms with Gasteiger partial charge in [-0.3, -0.25) is 9.69 Å². The number of carbonyl (C=O) groups is 2. The van der Waals surface area contributed by atoms with Crippen LogP contribution in [0.5, 0.6) is 5.75 Å². The van der Waals surface area contributed by atoms with Gasteiger partial charge in [0.25, 0.3) is 0 Å². The molecule has 40 heavy (non-hydrogen) atoms. The fourth-order valence-electron chi connectivity index (χ4n) is 4.83. The van der Waals surface area contributed by atoms with Crippen molar-refractivity contribution in [2.75, 3.05) is 67.8 Å². The summed E-state index contributed by atoms with van der Waals surface area (Å²) in [7, 11) is 5.40. The number of benzene rings is 2. The lowest BCUT2D eigenvalue weighted by atomic mass is 10.1. The fraction of sp³-hybridized carbons (Fsp3) is 0.310. The Morgan fingerprint density at radius 3 is 2.55 bits per heavy atom. The first kappa shape index (κ1) is 26.9. The number of amides is 3. The summed E-state index contributed by atoms with van der Waals surface area (Å²) in [6, 6.07) is 13.4. The van der Waals surface area contributed by atoms with Crippen molar-refractivity contribution < 1.29 is 14.3 Å². The van der Waals surface area contributed by atoms with Gasteiger partial charge >= 0.3 is 6.03 Å². The van der Waals surface area contributed by atoms with E-state index in [0.29, 0.717) is 29.7 Å². The van der Waals surface area contributed by atoms with Crippen molar-refractivity contribution in [1.29, 1.82) is 0 Å². The van der Waals surface area contributed by atoms with E-state index in [1.807, 2.05) is 18.2 Å². The first-order valence-corrected chi connectivity index (χ1v) is 13.1. The molecule has 3 amide bonds. The number of nitrogens with one attached hydrogen (secondary N) is 2. The normalized spacial score (nSPS) is 15.5. The molecule has 2 aromatic carbocycles. The Hall–Kier alpha value is -4.64. The third-order valence-corrected chi connectivity index (χ3v) is 7.19. The zero-order chi connectivity index (χ0) is 28.2. The Morgan fingerprint density at radius 2 is 1.85 bits per heavy atom. The molecule has 11 heteroatoms. The van der Waals surface area contributed by atoms with Gasteiger partial charge < -0.3 is 30.1 Å². The van der Waals surface area contributed by atoms with E-state index in [2.05, 4.69) is 56.2 Å². The Balaban J connectivity index is 1.29. The van der Waals surface area contributed by atoms with Crippen molar-refractivity contribution in [3.05, 3.63) is 72.4 Å².